The SMILES string of the molecule is CN1C[C@@H](C(=O)Nc2ccc(F)cc2)CC1=O. The largest absolute Gasteiger partial charge is 0.345 e. The van der Waals surface area contributed by atoms with Crippen LogP contribution in [0.1, 0.15) is 6.42 Å². The number of nitrogens with zero attached hydrogens (tertiary/aromatic N) is 1. The normalized spacial score (nSPS) is 19.5. The van der Waals surface area contributed by atoms with E-state index in [9.17, 15) is 14.0 Å². The Balaban J connectivity index is 1.98. The van der Waals surface area contributed by atoms with Crippen molar-refractivity contribution >= 4 is 17.5 Å². The highest BCUT2D eigenvalue weighted by atomic mass is 19.1. The van der Waals surface area contributed by atoms with Crippen LogP contribution in [0.4, 0.5) is 10.1 Å². The van der Waals surface area contributed by atoms with Crippen molar-refractivity contribution in [1.29, 1.82) is 0 Å². The first kappa shape index (κ1) is 11.6. The van der Waals surface area contributed by atoms with E-state index in [0.29, 0.717) is 12.2 Å². The molecule has 1 N–H and O–H groups in total. The van der Waals surface area contributed by atoms with E-state index in [1.807, 2.05) is 0 Å². The second-order valence-corrected chi connectivity index (χ2v) is 4.17. The van der Waals surface area contributed by atoms with E-state index in [0.717, 1.165) is 0 Å². The van der Waals surface area contributed by atoms with Gasteiger partial charge >= 0.3 is 0 Å². The van der Waals surface area contributed by atoms with Crippen molar-refractivity contribution in [2.75, 3.05) is 18.9 Å². The summed E-state index contributed by atoms with van der Waals surface area (Å²) in [7, 11) is 1.67. The van der Waals surface area contributed by atoms with Gasteiger partial charge in [-0.05, 0) is 24.3 Å². The maximum absolute atomic E-state index is 12.7. The molecule has 0 radical (unpaired) electrons. The number of amides is 2. The van der Waals surface area contributed by atoms with E-state index in [2.05, 4.69) is 5.32 Å². The molecule has 0 unspecified atom stereocenters. The molecule has 2 rings (SSSR count). The van der Waals surface area contributed by atoms with E-state index < -0.39 is 0 Å². The van der Waals surface area contributed by atoms with Crippen LogP contribution in [0.2, 0.25) is 0 Å². The van der Waals surface area contributed by atoms with Crippen molar-refractivity contribution in [3.63, 3.8) is 0 Å². The molecule has 1 aromatic carbocycles. The lowest BCUT2D eigenvalue weighted by molar-refractivity contribution is -0.127. The minimum absolute atomic E-state index is 0.0238. The number of anilines is 1. The van der Waals surface area contributed by atoms with E-state index in [1.165, 1.54) is 29.2 Å². The molecule has 1 aliphatic rings. The van der Waals surface area contributed by atoms with Crippen molar-refractivity contribution in [3.05, 3.63) is 30.1 Å². The van der Waals surface area contributed by atoms with Gasteiger partial charge in [0, 0.05) is 25.7 Å². The summed E-state index contributed by atoms with van der Waals surface area (Å²) < 4.78 is 12.7. The number of hydrogen-bond acceptors (Lipinski definition) is 2. The van der Waals surface area contributed by atoms with Crippen molar-refractivity contribution in [1.82, 2.24) is 4.90 Å². The molecule has 1 aliphatic heterocycles. The van der Waals surface area contributed by atoms with E-state index in [1.54, 1.807) is 7.05 Å². The summed E-state index contributed by atoms with van der Waals surface area (Å²) in [5.74, 6) is -0.894. The number of carbonyl (C=O) groups excluding carboxylic acids is 2. The second kappa shape index (κ2) is 4.53. The first-order valence-corrected chi connectivity index (χ1v) is 5.36. The van der Waals surface area contributed by atoms with Crippen LogP contribution in [0, 0.1) is 11.7 Å². The summed E-state index contributed by atoms with van der Waals surface area (Å²) in [5, 5.41) is 2.67. The number of nitrogens with one attached hydrogen (secondary N) is 1. The average molecular weight is 236 g/mol. The Morgan fingerprint density at radius 1 is 1.41 bits per heavy atom. The molecule has 0 aliphatic carbocycles. The van der Waals surface area contributed by atoms with E-state index in [4.69, 9.17) is 0 Å². The van der Waals surface area contributed by atoms with Crippen molar-refractivity contribution in [2.24, 2.45) is 5.92 Å². The Labute approximate surface area is 98.4 Å². The predicted molar refractivity (Wildman–Crippen MR) is 60.8 cm³/mol. The zero-order valence-electron chi connectivity index (χ0n) is 9.44. The number of benzene rings is 1. The highest BCUT2D eigenvalue weighted by molar-refractivity contribution is 5.97. The van der Waals surface area contributed by atoms with Crippen molar-refractivity contribution in [3.8, 4) is 0 Å². The quantitative estimate of drug-likeness (QED) is 0.840. The van der Waals surface area contributed by atoms with Gasteiger partial charge in [0.25, 0.3) is 0 Å². The minimum atomic E-state index is -0.348. The fourth-order valence-electron chi connectivity index (χ4n) is 1.82. The van der Waals surface area contributed by atoms with Gasteiger partial charge in [-0.25, -0.2) is 4.39 Å². The molecular weight excluding hydrogens is 223 g/mol. The first-order chi connectivity index (χ1) is 8.06. The molecule has 0 spiro atoms. The van der Waals surface area contributed by atoms with Crippen LogP contribution >= 0.6 is 0 Å². The average Bonchev–Trinajstić information content (AvgIpc) is 2.63. The summed E-state index contributed by atoms with van der Waals surface area (Å²) >= 11 is 0. The molecule has 17 heavy (non-hydrogen) atoms. The lowest BCUT2D eigenvalue weighted by Gasteiger charge is -2.10. The van der Waals surface area contributed by atoms with Crippen LogP contribution in [-0.4, -0.2) is 30.3 Å². The van der Waals surface area contributed by atoms with Crippen LogP contribution in [-0.2, 0) is 9.59 Å². The fraction of sp³-hybridized carbons (Fsp3) is 0.333. The minimum Gasteiger partial charge on any atom is -0.345 e. The van der Waals surface area contributed by atoms with Gasteiger partial charge < -0.3 is 10.2 Å². The zero-order chi connectivity index (χ0) is 12.4. The molecular formula is C12H13FN2O2. The highest BCUT2D eigenvalue weighted by Gasteiger charge is 2.31. The number of rotatable bonds is 2. The molecule has 0 aromatic heterocycles. The third kappa shape index (κ3) is 2.61. The molecule has 4 nitrogen and oxygen atoms in total. The number of hydrogen-bond donors (Lipinski definition) is 1. The van der Waals surface area contributed by atoms with Gasteiger partial charge in [0.1, 0.15) is 5.82 Å². The van der Waals surface area contributed by atoms with Gasteiger partial charge in [-0.3, -0.25) is 9.59 Å². The van der Waals surface area contributed by atoms with Gasteiger partial charge in [0.15, 0.2) is 0 Å². The topological polar surface area (TPSA) is 49.4 Å². The fourth-order valence-corrected chi connectivity index (χ4v) is 1.82. The molecule has 1 atom stereocenters. The smallest absolute Gasteiger partial charge is 0.229 e. The van der Waals surface area contributed by atoms with Gasteiger partial charge in [-0.2, -0.15) is 0 Å². The summed E-state index contributed by atoms with van der Waals surface area (Å²) in [5.41, 5.74) is 0.540. The Morgan fingerprint density at radius 3 is 2.59 bits per heavy atom. The van der Waals surface area contributed by atoms with Gasteiger partial charge in [0.05, 0.1) is 5.92 Å². The lowest BCUT2D eigenvalue weighted by Crippen LogP contribution is -2.25. The van der Waals surface area contributed by atoms with E-state index >= 15 is 0 Å². The van der Waals surface area contributed by atoms with Crippen LogP contribution < -0.4 is 5.32 Å². The van der Waals surface area contributed by atoms with Crippen LogP contribution in [0.25, 0.3) is 0 Å². The Hall–Kier alpha value is -1.91. The molecule has 0 bridgehead atoms. The zero-order valence-corrected chi connectivity index (χ0v) is 9.44. The lowest BCUT2D eigenvalue weighted by atomic mass is 10.1. The maximum Gasteiger partial charge on any atom is 0.229 e. The maximum atomic E-state index is 12.7. The Morgan fingerprint density at radius 2 is 2.06 bits per heavy atom. The second-order valence-electron chi connectivity index (χ2n) is 4.17. The van der Waals surface area contributed by atoms with Crippen LogP contribution in [0.5, 0.6) is 0 Å². The summed E-state index contributed by atoms with van der Waals surface area (Å²) in [6, 6.07) is 5.55. The van der Waals surface area contributed by atoms with E-state index in [-0.39, 0.29) is 30.0 Å². The molecule has 1 fully saturated rings. The van der Waals surface area contributed by atoms with Gasteiger partial charge in [-0.15, -0.1) is 0 Å². The van der Waals surface area contributed by atoms with Crippen LogP contribution in [0.3, 0.4) is 0 Å². The molecule has 2 amide bonds. The number of likely N-dealkylation sites (tertiary alicyclic amines) is 1. The number of carbonyl (C=O) groups is 2. The molecule has 5 heteroatoms. The Kier molecular flexibility index (Phi) is 3.08. The summed E-state index contributed by atoms with van der Waals surface area (Å²) in [6.07, 6.45) is 0.240. The standard InChI is InChI=1S/C12H13FN2O2/c1-15-7-8(6-11(15)16)12(17)14-10-4-2-9(13)3-5-10/h2-5,8H,6-7H2,1H3,(H,14,17)/t8-/m0/s1. The molecule has 1 heterocycles. The molecule has 90 valence electrons. The predicted octanol–water partition coefficient (Wildman–Crippen LogP) is 1.24. The molecule has 1 aromatic rings. The van der Waals surface area contributed by atoms with Gasteiger partial charge in [0.2, 0.25) is 11.8 Å². The summed E-state index contributed by atoms with van der Waals surface area (Å²) in [4.78, 5) is 24.6. The third-order valence-corrected chi connectivity index (χ3v) is 2.82. The van der Waals surface area contributed by atoms with Crippen LogP contribution in [0.15, 0.2) is 24.3 Å². The third-order valence-electron chi connectivity index (χ3n) is 2.82. The Bertz CT molecular complexity index is 444. The van der Waals surface area contributed by atoms with Crippen molar-refractivity contribution in [2.45, 2.75) is 6.42 Å². The highest BCUT2D eigenvalue weighted by Crippen LogP contribution is 2.18. The van der Waals surface area contributed by atoms with Crippen molar-refractivity contribution < 1.29 is 14.0 Å². The monoisotopic (exact) mass is 236 g/mol. The number of halogens is 1. The first-order valence-electron chi connectivity index (χ1n) is 5.36. The molecule has 1 saturated heterocycles. The molecule has 0 saturated carbocycles. The van der Waals surface area contributed by atoms with Gasteiger partial charge in [-0.1, -0.05) is 0 Å². The summed E-state index contributed by atoms with van der Waals surface area (Å²) in [6.45, 7) is 0.436.